The van der Waals surface area contributed by atoms with Crippen LogP contribution in [0.25, 0.3) is 44.7 Å². The molecule has 1 aliphatic carbocycles. The maximum Gasteiger partial charge on any atom is 0.227 e. The van der Waals surface area contributed by atoms with Crippen LogP contribution in [0.2, 0.25) is 0 Å². The van der Waals surface area contributed by atoms with Crippen LogP contribution in [0, 0.1) is 11.7 Å². The number of nitrogens with zero attached hydrogens (tertiary/aromatic N) is 7. The highest BCUT2D eigenvalue weighted by molar-refractivity contribution is 5.96. The van der Waals surface area contributed by atoms with Gasteiger partial charge in [0, 0.05) is 61.8 Å². The summed E-state index contributed by atoms with van der Waals surface area (Å²) in [6.07, 6.45) is 10.3. The number of H-pyrrole nitrogens is 2. The maximum absolute atomic E-state index is 16.2. The molecule has 0 radical (unpaired) electrons. The number of amides is 1. The van der Waals surface area contributed by atoms with E-state index in [1.165, 1.54) is 6.20 Å². The molecular formula is C28H29FN10O. The molecular weight excluding hydrogens is 511 g/mol. The molecule has 2 aliphatic rings. The number of halogens is 1. The molecule has 7 rings (SSSR count). The fourth-order valence-electron chi connectivity index (χ4n) is 5.70. The molecule has 40 heavy (non-hydrogen) atoms. The van der Waals surface area contributed by atoms with Crippen molar-refractivity contribution in [2.45, 2.75) is 25.7 Å². The lowest BCUT2D eigenvalue weighted by molar-refractivity contribution is -0.119. The number of nitrogens with one attached hydrogen (secondary N) is 3. The van der Waals surface area contributed by atoms with Crippen molar-refractivity contribution in [3.63, 3.8) is 0 Å². The van der Waals surface area contributed by atoms with E-state index in [1.807, 2.05) is 6.07 Å². The zero-order valence-electron chi connectivity index (χ0n) is 22.1. The van der Waals surface area contributed by atoms with Crippen molar-refractivity contribution >= 4 is 39.5 Å². The average Bonchev–Trinajstić information content (AvgIpc) is 3.73. The summed E-state index contributed by atoms with van der Waals surface area (Å²) in [7, 11) is 2.11. The van der Waals surface area contributed by atoms with E-state index in [-0.39, 0.29) is 28.4 Å². The van der Waals surface area contributed by atoms with E-state index in [0.717, 1.165) is 68.7 Å². The van der Waals surface area contributed by atoms with Crippen LogP contribution < -0.4 is 10.2 Å². The van der Waals surface area contributed by atoms with Gasteiger partial charge in [-0.3, -0.25) is 14.9 Å². The van der Waals surface area contributed by atoms with Gasteiger partial charge in [-0.2, -0.15) is 5.10 Å². The molecule has 0 unspecified atom stereocenters. The van der Waals surface area contributed by atoms with Gasteiger partial charge in [-0.05, 0) is 32.0 Å². The summed E-state index contributed by atoms with van der Waals surface area (Å²) in [5.41, 5.74) is 3.48. The van der Waals surface area contributed by atoms with E-state index in [0.29, 0.717) is 22.8 Å². The summed E-state index contributed by atoms with van der Waals surface area (Å²) >= 11 is 0. The van der Waals surface area contributed by atoms with Crippen LogP contribution in [-0.2, 0) is 4.79 Å². The fraction of sp³-hybridized carbons (Fsp3) is 0.357. The number of hydrogen-bond donors (Lipinski definition) is 3. The summed E-state index contributed by atoms with van der Waals surface area (Å²) in [4.78, 5) is 38.5. The molecule has 0 aromatic carbocycles. The van der Waals surface area contributed by atoms with Crippen LogP contribution in [0.3, 0.4) is 0 Å². The SMILES string of the molecule is CN1CCN(c2nccc3[nH]c(-c4[nH]nc5ncc(-c6cncc(NC(=O)C7CCCC7)c6)c(F)c45)nc23)CC1. The molecule has 12 heteroatoms. The second-order valence-electron chi connectivity index (χ2n) is 10.6. The van der Waals surface area contributed by atoms with Gasteiger partial charge in [0.1, 0.15) is 17.0 Å². The maximum atomic E-state index is 16.2. The monoisotopic (exact) mass is 540 g/mol. The third kappa shape index (κ3) is 4.34. The van der Waals surface area contributed by atoms with Crippen LogP contribution >= 0.6 is 0 Å². The molecule has 5 aromatic heterocycles. The second-order valence-corrected chi connectivity index (χ2v) is 10.6. The largest absolute Gasteiger partial charge is 0.352 e. The molecule has 0 spiro atoms. The Labute approximate surface area is 229 Å². The van der Waals surface area contributed by atoms with E-state index < -0.39 is 5.82 Å². The van der Waals surface area contributed by atoms with Crippen molar-refractivity contribution < 1.29 is 9.18 Å². The van der Waals surface area contributed by atoms with Gasteiger partial charge >= 0.3 is 0 Å². The first-order valence-electron chi connectivity index (χ1n) is 13.6. The molecule has 204 valence electrons. The zero-order valence-corrected chi connectivity index (χ0v) is 22.1. The van der Waals surface area contributed by atoms with Crippen LogP contribution in [0.15, 0.2) is 36.9 Å². The number of aromatic nitrogens is 7. The number of imidazole rings is 1. The Morgan fingerprint density at radius 3 is 2.75 bits per heavy atom. The number of rotatable bonds is 5. The molecule has 5 aromatic rings. The van der Waals surface area contributed by atoms with Gasteiger partial charge in [0.25, 0.3) is 0 Å². The first kappa shape index (κ1) is 24.6. The van der Waals surface area contributed by atoms with Gasteiger partial charge < -0.3 is 20.1 Å². The summed E-state index contributed by atoms with van der Waals surface area (Å²) in [6.45, 7) is 3.60. The number of pyridine rings is 3. The Balaban J connectivity index is 1.24. The molecule has 1 saturated heterocycles. The molecule has 0 bridgehead atoms. The summed E-state index contributed by atoms with van der Waals surface area (Å²) in [6, 6.07) is 3.59. The van der Waals surface area contributed by atoms with Crippen molar-refractivity contribution in [3.05, 3.63) is 42.7 Å². The quantitative estimate of drug-likeness (QED) is 0.305. The predicted octanol–water partition coefficient (Wildman–Crippen LogP) is 3.98. The minimum Gasteiger partial charge on any atom is -0.352 e. The minimum atomic E-state index is -0.493. The van der Waals surface area contributed by atoms with E-state index in [9.17, 15) is 4.79 Å². The molecule has 0 atom stereocenters. The van der Waals surface area contributed by atoms with Crippen LogP contribution in [0.5, 0.6) is 0 Å². The summed E-state index contributed by atoms with van der Waals surface area (Å²) in [5.74, 6) is 0.765. The smallest absolute Gasteiger partial charge is 0.227 e. The number of likely N-dealkylation sites (N-methyl/N-ethyl adjacent to an activating group) is 1. The lowest BCUT2D eigenvalue weighted by atomic mass is 10.1. The molecule has 2 fully saturated rings. The van der Waals surface area contributed by atoms with Crippen molar-refractivity contribution in [1.29, 1.82) is 0 Å². The molecule has 6 heterocycles. The molecule has 1 saturated carbocycles. The third-order valence-electron chi connectivity index (χ3n) is 7.98. The van der Waals surface area contributed by atoms with E-state index >= 15 is 4.39 Å². The lowest BCUT2D eigenvalue weighted by Gasteiger charge is -2.33. The van der Waals surface area contributed by atoms with E-state index in [2.05, 4.69) is 52.3 Å². The average molecular weight is 541 g/mol. The highest BCUT2D eigenvalue weighted by Gasteiger charge is 2.25. The van der Waals surface area contributed by atoms with E-state index in [4.69, 9.17) is 4.98 Å². The Morgan fingerprint density at radius 2 is 1.93 bits per heavy atom. The Kier molecular flexibility index (Phi) is 6.11. The van der Waals surface area contributed by atoms with Gasteiger partial charge in [0.2, 0.25) is 5.91 Å². The number of anilines is 2. The normalized spacial score (nSPS) is 16.8. The standard InChI is InChI=1S/C28H29FN10O/c1-38-8-10-39(11-9-38)27-23-20(6-7-31-27)34-26(35-23)24-21-22(29)19(15-32-25(21)37-36-24)17-12-18(14-30-13-17)33-28(40)16-4-2-3-5-16/h6-7,12-16H,2-5,8-11H2,1H3,(H,33,40)(H,34,35)(H,32,36,37). The van der Waals surface area contributed by atoms with Crippen molar-refractivity contribution in [2.75, 3.05) is 43.4 Å². The number of fused-ring (bicyclic) bond motifs is 2. The molecule has 1 amide bonds. The van der Waals surface area contributed by atoms with Gasteiger partial charge in [-0.1, -0.05) is 12.8 Å². The van der Waals surface area contributed by atoms with Crippen LogP contribution in [-0.4, -0.2) is 79.2 Å². The molecule has 1 aliphatic heterocycles. The zero-order chi connectivity index (χ0) is 27.2. The molecule has 11 nitrogen and oxygen atoms in total. The predicted molar refractivity (Wildman–Crippen MR) is 150 cm³/mol. The Morgan fingerprint density at radius 1 is 1.10 bits per heavy atom. The summed E-state index contributed by atoms with van der Waals surface area (Å²) < 4.78 is 16.2. The third-order valence-corrected chi connectivity index (χ3v) is 7.98. The minimum absolute atomic E-state index is 0.0158. The lowest BCUT2D eigenvalue weighted by Crippen LogP contribution is -2.44. The van der Waals surface area contributed by atoms with Crippen LogP contribution in [0.4, 0.5) is 15.9 Å². The number of hydrogen-bond acceptors (Lipinski definition) is 8. The van der Waals surface area contributed by atoms with Crippen molar-refractivity contribution in [3.8, 4) is 22.6 Å². The first-order valence-corrected chi connectivity index (χ1v) is 13.6. The van der Waals surface area contributed by atoms with Gasteiger partial charge in [0.15, 0.2) is 17.3 Å². The topological polar surface area (TPSA) is 132 Å². The van der Waals surface area contributed by atoms with Crippen molar-refractivity contribution in [2.24, 2.45) is 5.92 Å². The highest BCUT2D eigenvalue weighted by Crippen LogP contribution is 2.34. The second kappa shape index (κ2) is 9.94. The van der Waals surface area contributed by atoms with Crippen LogP contribution in [0.1, 0.15) is 25.7 Å². The number of carbonyl (C=O) groups excluding carboxylic acids is 1. The Bertz CT molecular complexity index is 1720. The fourth-order valence-corrected chi connectivity index (χ4v) is 5.70. The van der Waals surface area contributed by atoms with Gasteiger partial charge in [-0.25, -0.2) is 19.3 Å². The first-order chi connectivity index (χ1) is 19.5. The van der Waals surface area contributed by atoms with E-state index in [1.54, 1.807) is 24.7 Å². The van der Waals surface area contributed by atoms with Gasteiger partial charge in [0.05, 0.1) is 22.8 Å². The summed E-state index contributed by atoms with van der Waals surface area (Å²) in [5, 5.41) is 10.3. The number of aromatic amines is 2. The van der Waals surface area contributed by atoms with Gasteiger partial charge in [-0.15, -0.1) is 0 Å². The highest BCUT2D eigenvalue weighted by atomic mass is 19.1. The number of carbonyl (C=O) groups is 1. The number of piperazine rings is 1. The Hall–Kier alpha value is -4.45. The van der Waals surface area contributed by atoms with Crippen molar-refractivity contribution in [1.82, 2.24) is 40.0 Å². The molecule has 3 N–H and O–H groups in total.